The Kier molecular flexibility index (Phi) is 5.61. The Bertz CT molecular complexity index is 698. The molecule has 0 bridgehead atoms. The minimum absolute atomic E-state index is 0.162. The molecule has 2 aromatic rings. The molecule has 0 amide bonds. The average Bonchev–Trinajstić information content (AvgIpc) is 3.17. The minimum atomic E-state index is 0.162. The van der Waals surface area contributed by atoms with Crippen molar-refractivity contribution >= 4 is 5.69 Å². The average molecular weight is 354 g/mol. The van der Waals surface area contributed by atoms with Gasteiger partial charge in [-0.2, -0.15) is 0 Å². The summed E-state index contributed by atoms with van der Waals surface area (Å²) in [5, 5.41) is 3.68. The van der Waals surface area contributed by atoms with E-state index in [-0.39, 0.29) is 6.10 Å². The second kappa shape index (κ2) is 8.28. The van der Waals surface area contributed by atoms with Gasteiger partial charge in [-0.25, -0.2) is 0 Å². The van der Waals surface area contributed by atoms with Crippen LogP contribution in [0.4, 0.5) is 5.69 Å². The Labute approximate surface area is 156 Å². The zero-order valence-electron chi connectivity index (χ0n) is 15.7. The molecule has 0 spiro atoms. The van der Waals surface area contributed by atoms with E-state index in [0.717, 1.165) is 44.2 Å². The maximum absolute atomic E-state index is 6.02. The van der Waals surface area contributed by atoms with Gasteiger partial charge in [0.05, 0.1) is 6.54 Å². The van der Waals surface area contributed by atoms with Crippen LogP contribution in [0.5, 0.6) is 0 Å². The molecule has 140 valence electrons. The van der Waals surface area contributed by atoms with Crippen LogP contribution in [0, 0.1) is 6.92 Å². The topological polar surface area (TPSA) is 37.6 Å². The molecule has 26 heavy (non-hydrogen) atoms. The van der Waals surface area contributed by atoms with Crippen LogP contribution in [0.1, 0.15) is 55.3 Å². The van der Waals surface area contributed by atoms with Crippen molar-refractivity contribution in [3.8, 4) is 0 Å². The Balaban J connectivity index is 1.24. The van der Waals surface area contributed by atoms with Gasteiger partial charge in [0.15, 0.2) is 0 Å². The number of rotatable bonds is 5. The Hall–Kier alpha value is -1.78. The second-order valence-corrected chi connectivity index (χ2v) is 7.64. The standard InChI is InChI=1S/C22H30N2O2/c1-17-5-4-6-19(15-17)24-12-10-18(11-13-24)23-16-20-8-9-22(26-20)21-7-2-3-14-25-21/h4-6,8-9,15,18,21,23H,2-3,7,10-14,16H2,1H3. The minimum Gasteiger partial charge on any atom is -0.462 e. The molecule has 1 unspecified atom stereocenters. The van der Waals surface area contributed by atoms with Crippen molar-refractivity contribution in [3.05, 3.63) is 53.5 Å². The fourth-order valence-corrected chi connectivity index (χ4v) is 4.04. The van der Waals surface area contributed by atoms with Crippen molar-refractivity contribution in [2.75, 3.05) is 24.6 Å². The SMILES string of the molecule is Cc1cccc(N2CCC(NCc3ccc(C4CCCCO4)o3)CC2)c1. The van der Waals surface area contributed by atoms with Gasteiger partial charge in [0.1, 0.15) is 17.6 Å². The van der Waals surface area contributed by atoms with Gasteiger partial charge in [0.2, 0.25) is 0 Å². The lowest BCUT2D eigenvalue weighted by Gasteiger charge is -2.34. The highest BCUT2D eigenvalue weighted by Crippen LogP contribution is 2.29. The summed E-state index contributed by atoms with van der Waals surface area (Å²) in [6.45, 7) is 6.05. The van der Waals surface area contributed by atoms with Crippen LogP contribution in [-0.4, -0.2) is 25.7 Å². The highest BCUT2D eigenvalue weighted by molar-refractivity contribution is 5.48. The van der Waals surface area contributed by atoms with Gasteiger partial charge >= 0.3 is 0 Å². The number of hydrogen-bond acceptors (Lipinski definition) is 4. The van der Waals surface area contributed by atoms with Gasteiger partial charge < -0.3 is 19.4 Å². The van der Waals surface area contributed by atoms with E-state index in [1.807, 2.05) is 0 Å². The molecule has 1 N–H and O–H groups in total. The van der Waals surface area contributed by atoms with Gasteiger partial charge in [-0.1, -0.05) is 12.1 Å². The van der Waals surface area contributed by atoms with E-state index in [4.69, 9.17) is 9.15 Å². The van der Waals surface area contributed by atoms with Gasteiger partial charge in [-0.3, -0.25) is 0 Å². The predicted octanol–water partition coefficient (Wildman–Crippen LogP) is 4.59. The zero-order valence-corrected chi connectivity index (χ0v) is 15.7. The van der Waals surface area contributed by atoms with E-state index in [0.29, 0.717) is 6.04 Å². The first-order valence-electron chi connectivity index (χ1n) is 10.0. The number of hydrogen-bond donors (Lipinski definition) is 1. The summed E-state index contributed by atoms with van der Waals surface area (Å²) in [5.74, 6) is 2.02. The molecule has 4 nitrogen and oxygen atoms in total. The van der Waals surface area contributed by atoms with Crippen LogP contribution in [0.2, 0.25) is 0 Å². The quantitative estimate of drug-likeness (QED) is 0.852. The number of nitrogens with one attached hydrogen (secondary N) is 1. The van der Waals surface area contributed by atoms with Gasteiger partial charge in [-0.15, -0.1) is 0 Å². The van der Waals surface area contributed by atoms with Crippen molar-refractivity contribution in [1.29, 1.82) is 0 Å². The third-order valence-corrected chi connectivity index (χ3v) is 5.61. The summed E-state index contributed by atoms with van der Waals surface area (Å²) in [5.41, 5.74) is 2.69. The maximum atomic E-state index is 6.02. The molecule has 2 saturated heterocycles. The number of piperidine rings is 1. The van der Waals surface area contributed by atoms with E-state index in [2.05, 4.69) is 53.5 Å². The molecular weight excluding hydrogens is 324 g/mol. The maximum Gasteiger partial charge on any atom is 0.133 e. The normalized spacial score (nSPS) is 21.9. The fraction of sp³-hybridized carbons (Fsp3) is 0.545. The van der Waals surface area contributed by atoms with Crippen molar-refractivity contribution < 1.29 is 9.15 Å². The van der Waals surface area contributed by atoms with Crippen LogP contribution in [0.15, 0.2) is 40.8 Å². The van der Waals surface area contributed by atoms with E-state index < -0.39 is 0 Å². The lowest BCUT2D eigenvalue weighted by molar-refractivity contribution is 0.00120. The van der Waals surface area contributed by atoms with E-state index in [1.54, 1.807) is 0 Å². The zero-order chi connectivity index (χ0) is 17.8. The van der Waals surface area contributed by atoms with Crippen LogP contribution < -0.4 is 10.2 Å². The third-order valence-electron chi connectivity index (χ3n) is 5.61. The molecule has 2 fully saturated rings. The summed E-state index contributed by atoms with van der Waals surface area (Å²) >= 11 is 0. The van der Waals surface area contributed by atoms with Crippen molar-refractivity contribution in [2.45, 2.75) is 57.7 Å². The molecule has 0 saturated carbocycles. The summed E-state index contributed by atoms with van der Waals surface area (Å²) in [4.78, 5) is 2.50. The first-order valence-corrected chi connectivity index (χ1v) is 10.0. The van der Waals surface area contributed by atoms with Crippen LogP contribution in [0.25, 0.3) is 0 Å². The molecule has 2 aliphatic rings. The highest BCUT2D eigenvalue weighted by atomic mass is 16.5. The van der Waals surface area contributed by atoms with E-state index >= 15 is 0 Å². The van der Waals surface area contributed by atoms with Crippen molar-refractivity contribution in [3.63, 3.8) is 0 Å². The molecule has 2 aliphatic heterocycles. The van der Waals surface area contributed by atoms with Crippen LogP contribution in [0.3, 0.4) is 0 Å². The molecular formula is C22H30N2O2. The summed E-state index contributed by atoms with van der Waals surface area (Å²) in [6, 6.07) is 13.6. The van der Waals surface area contributed by atoms with E-state index in [1.165, 1.54) is 36.9 Å². The molecule has 1 aromatic heterocycles. The molecule has 1 aromatic carbocycles. The number of ether oxygens (including phenoxy) is 1. The molecule has 4 rings (SSSR count). The number of furan rings is 1. The summed E-state index contributed by atoms with van der Waals surface area (Å²) in [7, 11) is 0. The van der Waals surface area contributed by atoms with Gasteiger partial charge in [-0.05, 0) is 68.9 Å². The molecule has 0 aliphatic carbocycles. The number of anilines is 1. The monoisotopic (exact) mass is 354 g/mol. The molecule has 1 atom stereocenters. The molecule has 0 radical (unpaired) electrons. The highest BCUT2D eigenvalue weighted by Gasteiger charge is 2.21. The van der Waals surface area contributed by atoms with Gasteiger partial charge in [0, 0.05) is 31.4 Å². The Morgan fingerprint density at radius 2 is 1.96 bits per heavy atom. The summed E-state index contributed by atoms with van der Waals surface area (Å²) < 4.78 is 11.8. The Morgan fingerprint density at radius 1 is 1.08 bits per heavy atom. The third kappa shape index (κ3) is 4.30. The smallest absolute Gasteiger partial charge is 0.133 e. The largest absolute Gasteiger partial charge is 0.462 e. The van der Waals surface area contributed by atoms with E-state index in [9.17, 15) is 0 Å². The molecule has 3 heterocycles. The lowest BCUT2D eigenvalue weighted by atomic mass is 10.0. The summed E-state index contributed by atoms with van der Waals surface area (Å²) in [6.07, 6.45) is 6.00. The van der Waals surface area contributed by atoms with Crippen molar-refractivity contribution in [2.24, 2.45) is 0 Å². The number of nitrogens with zero attached hydrogens (tertiary/aromatic N) is 1. The molecule has 4 heteroatoms. The predicted molar refractivity (Wildman–Crippen MR) is 105 cm³/mol. The van der Waals surface area contributed by atoms with Crippen LogP contribution in [-0.2, 0) is 11.3 Å². The van der Waals surface area contributed by atoms with Crippen molar-refractivity contribution in [1.82, 2.24) is 5.32 Å². The second-order valence-electron chi connectivity index (χ2n) is 7.64. The van der Waals surface area contributed by atoms with Crippen LogP contribution >= 0.6 is 0 Å². The number of aryl methyl sites for hydroxylation is 1. The number of benzene rings is 1. The fourth-order valence-electron chi connectivity index (χ4n) is 4.04. The Morgan fingerprint density at radius 3 is 2.73 bits per heavy atom. The van der Waals surface area contributed by atoms with Gasteiger partial charge in [0.25, 0.3) is 0 Å². The first kappa shape index (κ1) is 17.6. The first-order chi connectivity index (χ1) is 12.8. The lowest BCUT2D eigenvalue weighted by Crippen LogP contribution is -2.42.